The van der Waals surface area contributed by atoms with Crippen molar-refractivity contribution in [2.24, 2.45) is 0 Å². The fourth-order valence-corrected chi connectivity index (χ4v) is 5.30. The molecule has 0 saturated heterocycles. The molecule has 9 heteroatoms. The number of nitrogens with one attached hydrogen (secondary N) is 1. The van der Waals surface area contributed by atoms with Gasteiger partial charge in [0, 0.05) is 17.1 Å². The van der Waals surface area contributed by atoms with E-state index in [9.17, 15) is 17.0 Å². The van der Waals surface area contributed by atoms with Gasteiger partial charge in [0.15, 0.2) is 0 Å². The first kappa shape index (κ1) is 20.1. The van der Waals surface area contributed by atoms with Crippen molar-refractivity contribution in [2.75, 3.05) is 10.5 Å². The zero-order valence-corrected chi connectivity index (χ0v) is 17.2. The molecule has 1 unspecified atom stereocenters. The minimum atomic E-state index is -4.17. The van der Waals surface area contributed by atoms with E-state index >= 15 is 0 Å². The molecular weight excluding hydrogens is 427 g/mol. The highest BCUT2D eigenvalue weighted by Gasteiger charge is 2.23. The lowest BCUT2D eigenvalue weighted by atomic mass is 10.2. The second-order valence-electron chi connectivity index (χ2n) is 6.58. The highest BCUT2D eigenvalue weighted by molar-refractivity contribution is 7.92. The molecule has 6 nitrogen and oxygen atoms in total. The SMILES string of the molecule is Nc1cccc(CS(=O)c2ccc(F)cc2NS(=O)(=O)c2cc3ccccc3o2)c1. The van der Waals surface area contributed by atoms with Gasteiger partial charge in [-0.15, -0.1) is 0 Å². The van der Waals surface area contributed by atoms with Crippen molar-refractivity contribution in [2.45, 2.75) is 15.7 Å². The van der Waals surface area contributed by atoms with E-state index in [2.05, 4.69) is 4.72 Å². The number of nitrogens with two attached hydrogens (primary N) is 1. The van der Waals surface area contributed by atoms with Crippen molar-refractivity contribution < 1.29 is 21.4 Å². The van der Waals surface area contributed by atoms with Crippen LogP contribution in [0.25, 0.3) is 11.0 Å². The van der Waals surface area contributed by atoms with E-state index in [4.69, 9.17) is 10.2 Å². The van der Waals surface area contributed by atoms with Crippen molar-refractivity contribution in [3.63, 3.8) is 0 Å². The van der Waals surface area contributed by atoms with Gasteiger partial charge < -0.3 is 10.2 Å². The summed E-state index contributed by atoms with van der Waals surface area (Å²) in [5.41, 5.74) is 7.28. The van der Waals surface area contributed by atoms with E-state index in [0.717, 1.165) is 12.1 Å². The third-order valence-corrected chi connectivity index (χ3v) is 7.01. The van der Waals surface area contributed by atoms with E-state index < -0.39 is 26.6 Å². The van der Waals surface area contributed by atoms with Crippen LogP contribution in [0, 0.1) is 5.82 Å². The first-order valence-electron chi connectivity index (χ1n) is 8.85. The summed E-state index contributed by atoms with van der Waals surface area (Å²) in [6.45, 7) is 0. The third-order valence-electron chi connectivity index (χ3n) is 4.35. The summed E-state index contributed by atoms with van der Waals surface area (Å²) in [5, 5.41) is 0.295. The van der Waals surface area contributed by atoms with Crippen molar-refractivity contribution in [1.29, 1.82) is 0 Å². The number of fused-ring (bicyclic) bond motifs is 1. The Morgan fingerprint density at radius 1 is 1.00 bits per heavy atom. The number of rotatable bonds is 6. The van der Waals surface area contributed by atoms with E-state index in [0.29, 0.717) is 22.2 Å². The lowest BCUT2D eigenvalue weighted by Crippen LogP contribution is -2.14. The van der Waals surface area contributed by atoms with Gasteiger partial charge in [-0.25, -0.2) is 4.39 Å². The summed E-state index contributed by atoms with van der Waals surface area (Å²) in [6.07, 6.45) is 0. The molecule has 30 heavy (non-hydrogen) atoms. The molecule has 4 rings (SSSR count). The van der Waals surface area contributed by atoms with Gasteiger partial charge in [0.25, 0.3) is 10.0 Å². The molecule has 0 aliphatic rings. The summed E-state index contributed by atoms with van der Waals surface area (Å²) in [5.74, 6) is -0.572. The molecular formula is C21H17FN2O4S2. The molecule has 0 aliphatic heterocycles. The summed E-state index contributed by atoms with van der Waals surface area (Å²) >= 11 is 0. The van der Waals surface area contributed by atoms with Gasteiger partial charge in [0.05, 0.1) is 27.1 Å². The van der Waals surface area contributed by atoms with Crippen molar-refractivity contribution in [1.82, 2.24) is 0 Å². The quantitative estimate of drug-likeness (QED) is 0.433. The van der Waals surface area contributed by atoms with Crippen LogP contribution in [0.4, 0.5) is 15.8 Å². The smallest absolute Gasteiger partial charge is 0.295 e. The number of anilines is 2. The lowest BCUT2D eigenvalue weighted by Gasteiger charge is -2.12. The van der Waals surface area contributed by atoms with Crippen LogP contribution in [0.1, 0.15) is 5.56 Å². The topological polar surface area (TPSA) is 102 Å². The Bertz CT molecular complexity index is 1330. The number of hydrogen-bond acceptors (Lipinski definition) is 5. The fraction of sp³-hybridized carbons (Fsp3) is 0.0476. The largest absolute Gasteiger partial charge is 0.443 e. The Hall–Kier alpha value is -3.17. The van der Waals surface area contributed by atoms with Gasteiger partial charge in [-0.05, 0) is 42.0 Å². The van der Waals surface area contributed by atoms with E-state index in [1.54, 1.807) is 48.5 Å². The first-order valence-corrected chi connectivity index (χ1v) is 11.7. The predicted octanol–water partition coefficient (Wildman–Crippen LogP) is 4.26. The van der Waals surface area contributed by atoms with Crippen LogP contribution >= 0.6 is 0 Å². The molecule has 0 fully saturated rings. The highest BCUT2D eigenvalue weighted by atomic mass is 32.2. The van der Waals surface area contributed by atoms with Crippen LogP contribution in [0.5, 0.6) is 0 Å². The molecule has 0 saturated carbocycles. The molecule has 0 radical (unpaired) electrons. The van der Waals surface area contributed by atoms with Crippen LogP contribution in [0.2, 0.25) is 0 Å². The number of nitrogen functional groups attached to an aromatic ring is 1. The zero-order valence-electron chi connectivity index (χ0n) is 15.5. The Kier molecular flexibility index (Phi) is 5.31. The monoisotopic (exact) mass is 444 g/mol. The number of sulfonamides is 1. The van der Waals surface area contributed by atoms with Crippen LogP contribution in [0.3, 0.4) is 0 Å². The molecule has 3 N–H and O–H groups in total. The molecule has 4 aromatic rings. The Labute approximate surface area is 175 Å². The zero-order chi connectivity index (χ0) is 21.3. The molecule has 1 atom stereocenters. The normalized spacial score (nSPS) is 12.7. The van der Waals surface area contributed by atoms with Crippen molar-refractivity contribution in [3.8, 4) is 0 Å². The number of hydrogen-bond donors (Lipinski definition) is 2. The standard InChI is InChI=1S/C21H17FN2O4S2/c22-16-8-9-20(29(25)13-14-4-3-6-17(23)10-14)18(12-16)24-30(26,27)21-11-15-5-1-2-7-19(15)28-21/h1-12,24H,13,23H2. The maximum absolute atomic E-state index is 13.9. The Morgan fingerprint density at radius 3 is 2.57 bits per heavy atom. The van der Waals surface area contributed by atoms with Gasteiger partial charge in [-0.1, -0.05) is 30.3 Å². The number of para-hydroxylation sites is 1. The minimum Gasteiger partial charge on any atom is -0.443 e. The molecule has 1 aromatic heterocycles. The fourth-order valence-electron chi connectivity index (χ4n) is 2.98. The van der Waals surface area contributed by atoms with Crippen LogP contribution in [-0.2, 0) is 26.6 Å². The predicted molar refractivity (Wildman–Crippen MR) is 114 cm³/mol. The Balaban J connectivity index is 1.66. The molecule has 0 amide bonds. The number of halogens is 1. The second kappa shape index (κ2) is 7.92. The molecule has 0 aliphatic carbocycles. The molecule has 154 valence electrons. The van der Waals surface area contributed by atoms with Crippen LogP contribution < -0.4 is 10.5 Å². The second-order valence-corrected chi connectivity index (χ2v) is 9.62. The maximum Gasteiger partial charge on any atom is 0.295 e. The Morgan fingerprint density at radius 2 is 1.80 bits per heavy atom. The van der Waals surface area contributed by atoms with Crippen molar-refractivity contribution in [3.05, 3.63) is 84.2 Å². The summed E-state index contributed by atoms with van der Waals surface area (Å²) in [7, 11) is -5.81. The van der Waals surface area contributed by atoms with Gasteiger partial charge in [0.1, 0.15) is 11.4 Å². The van der Waals surface area contributed by atoms with Crippen LogP contribution in [-0.4, -0.2) is 12.6 Å². The number of furan rings is 1. The molecule has 1 heterocycles. The summed E-state index contributed by atoms with van der Waals surface area (Å²) in [4.78, 5) is 0.151. The van der Waals surface area contributed by atoms with Gasteiger partial charge >= 0.3 is 0 Å². The maximum atomic E-state index is 13.9. The van der Waals surface area contributed by atoms with Crippen LogP contribution in [0.15, 0.2) is 87.2 Å². The van der Waals surface area contributed by atoms with E-state index in [1.165, 1.54) is 12.1 Å². The molecule has 0 spiro atoms. The van der Waals surface area contributed by atoms with Crippen molar-refractivity contribution >= 4 is 43.2 Å². The van der Waals surface area contributed by atoms with E-state index in [-0.39, 0.29) is 21.4 Å². The van der Waals surface area contributed by atoms with Gasteiger partial charge in [0.2, 0.25) is 5.09 Å². The lowest BCUT2D eigenvalue weighted by molar-refractivity contribution is 0.484. The van der Waals surface area contributed by atoms with E-state index in [1.807, 2.05) is 0 Å². The molecule has 0 bridgehead atoms. The number of benzene rings is 3. The first-order chi connectivity index (χ1) is 14.3. The average Bonchev–Trinajstić information content (AvgIpc) is 3.13. The third kappa shape index (κ3) is 4.22. The summed E-state index contributed by atoms with van der Waals surface area (Å²) in [6, 6.07) is 18.5. The summed E-state index contributed by atoms with van der Waals surface area (Å²) < 4.78 is 60.1. The average molecular weight is 445 g/mol. The van der Waals surface area contributed by atoms with Gasteiger partial charge in [-0.3, -0.25) is 8.93 Å². The molecule has 3 aromatic carbocycles. The van der Waals surface area contributed by atoms with Gasteiger partial charge in [-0.2, -0.15) is 8.42 Å². The highest BCUT2D eigenvalue weighted by Crippen LogP contribution is 2.28. The minimum absolute atomic E-state index is 0.0933.